The van der Waals surface area contributed by atoms with Crippen molar-refractivity contribution in [1.82, 2.24) is 19.9 Å². The van der Waals surface area contributed by atoms with E-state index in [1.165, 1.54) is 6.33 Å². The Morgan fingerprint density at radius 1 is 1.18 bits per heavy atom. The van der Waals surface area contributed by atoms with Gasteiger partial charge in [-0.05, 0) is 31.0 Å². The van der Waals surface area contributed by atoms with Gasteiger partial charge >= 0.3 is 0 Å². The number of methoxy groups -OCH3 is 2. The highest BCUT2D eigenvalue weighted by Crippen LogP contribution is 2.27. The van der Waals surface area contributed by atoms with Gasteiger partial charge in [0.15, 0.2) is 17.3 Å². The quantitative estimate of drug-likeness (QED) is 0.644. The minimum Gasteiger partial charge on any atom is -0.493 e. The van der Waals surface area contributed by atoms with Gasteiger partial charge in [0.1, 0.15) is 17.7 Å². The van der Waals surface area contributed by atoms with E-state index in [-0.39, 0.29) is 28.5 Å². The van der Waals surface area contributed by atoms with Crippen LogP contribution < -0.4 is 20.3 Å². The molecular formula is C19H20FN5O3. The van der Waals surface area contributed by atoms with Crippen LogP contribution in [0, 0.1) is 12.7 Å². The number of ether oxygens (including phenoxy) is 2. The molecule has 0 amide bonds. The Balaban J connectivity index is 1.77. The third-order valence-corrected chi connectivity index (χ3v) is 4.20. The monoisotopic (exact) mass is 385 g/mol. The SMILES string of the molecule is COc1ccc(CCNc2nc(-c3ncncc3F)c(C)c(=O)[nH]2)cc1OC. The van der Waals surface area contributed by atoms with Crippen molar-refractivity contribution < 1.29 is 13.9 Å². The van der Waals surface area contributed by atoms with Gasteiger partial charge in [-0.2, -0.15) is 0 Å². The standard InChI is InChI=1S/C19H20FN5O3/c1-11-16(17-13(20)9-21-10-23-17)24-19(25-18(11)26)22-7-6-12-4-5-14(27-2)15(8-12)28-3/h4-5,8-10H,6-7H2,1-3H3,(H2,22,24,25,26). The van der Waals surface area contributed by atoms with Crippen molar-refractivity contribution in [2.75, 3.05) is 26.1 Å². The minimum absolute atomic E-state index is 0.0125. The van der Waals surface area contributed by atoms with Gasteiger partial charge in [0, 0.05) is 12.1 Å². The number of nitrogens with one attached hydrogen (secondary N) is 2. The summed E-state index contributed by atoms with van der Waals surface area (Å²) in [5, 5.41) is 3.05. The predicted octanol–water partition coefficient (Wildman–Crippen LogP) is 2.35. The van der Waals surface area contributed by atoms with E-state index >= 15 is 0 Å². The second-order valence-electron chi connectivity index (χ2n) is 5.97. The Kier molecular flexibility index (Phi) is 5.83. The highest BCUT2D eigenvalue weighted by Gasteiger charge is 2.15. The Morgan fingerprint density at radius 2 is 1.96 bits per heavy atom. The molecule has 0 radical (unpaired) electrons. The number of halogens is 1. The van der Waals surface area contributed by atoms with E-state index < -0.39 is 5.82 Å². The summed E-state index contributed by atoms with van der Waals surface area (Å²) in [5.41, 5.74) is 1.10. The molecule has 146 valence electrons. The molecule has 0 saturated heterocycles. The van der Waals surface area contributed by atoms with Crippen molar-refractivity contribution in [1.29, 1.82) is 0 Å². The third-order valence-electron chi connectivity index (χ3n) is 4.20. The fourth-order valence-corrected chi connectivity index (χ4v) is 2.69. The lowest BCUT2D eigenvalue weighted by Gasteiger charge is -2.11. The summed E-state index contributed by atoms with van der Waals surface area (Å²) in [6.45, 7) is 2.06. The molecule has 0 saturated carbocycles. The number of aromatic nitrogens is 4. The van der Waals surface area contributed by atoms with Gasteiger partial charge in [0.25, 0.3) is 5.56 Å². The number of aromatic amines is 1. The molecule has 3 rings (SSSR count). The van der Waals surface area contributed by atoms with Gasteiger partial charge in [-0.3, -0.25) is 9.78 Å². The number of hydrogen-bond donors (Lipinski definition) is 2. The van der Waals surface area contributed by atoms with Crippen LogP contribution in [0.25, 0.3) is 11.4 Å². The molecule has 2 aromatic heterocycles. The van der Waals surface area contributed by atoms with Crippen LogP contribution in [0.15, 0.2) is 35.5 Å². The maximum absolute atomic E-state index is 14.0. The summed E-state index contributed by atoms with van der Waals surface area (Å²) < 4.78 is 24.5. The number of anilines is 1. The molecule has 0 bridgehead atoms. The number of hydrogen-bond acceptors (Lipinski definition) is 7. The number of benzene rings is 1. The lowest BCUT2D eigenvalue weighted by atomic mass is 10.1. The Hall–Kier alpha value is -3.49. The van der Waals surface area contributed by atoms with Crippen molar-refractivity contribution >= 4 is 5.95 Å². The molecule has 0 fully saturated rings. The zero-order valence-electron chi connectivity index (χ0n) is 15.7. The number of rotatable bonds is 7. The van der Waals surface area contributed by atoms with Crippen LogP contribution in [0.2, 0.25) is 0 Å². The molecule has 0 aliphatic rings. The maximum Gasteiger partial charge on any atom is 0.255 e. The number of nitrogens with zero attached hydrogens (tertiary/aromatic N) is 3. The van der Waals surface area contributed by atoms with Crippen molar-refractivity contribution in [2.45, 2.75) is 13.3 Å². The fourth-order valence-electron chi connectivity index (χ4n) is 2.69. The second kappa shape index (κ2) is 8.47. The van der Waals surface area contributed by atoms with E-state index in [4.69, 9.17) is 9.47 Å². The Morgan fingerprint density at radius 3 is 2.68 bits per heavy atom. The first-order valence-electron chi connectivity index (χ1n) is 8.55. The first-order valence-corrected chi connectivity index (χ1v) is 8.55. The topological polar surface area (TPSA) is 102 Å². The highest BCUT2D eigenvalue weighted by molar-refractivity contribution is 5.59. The van der Waals surface area contributed by atoms with Crippen LogP contribution in [0.4, 0.5) is 10.3 Å². The van der Waals surface area contributed by atoms with Crippen LogP contribution in [0.1, 0.15) is 11.1 Å². The zero-order chi connectivity index (χ0) is 20.1. The smallest absolute Gasteiger partial charge is 0.255 e. The molecule has 2 N–H and O–H groups in total. The Bertz CT molecular complexity index is 1040. The fraction of sp³-hybridized carbons (Fsp3) is 0.263. The Labute approximate surface area is 160 Å². The van der Waals surface area contributed by atoms with E-state index in [1.807, 2.05) is 18.2 Å². The van der Waals surface area contributed by atoms with Crippen molar-refractivity contribution in [3.63, 3.8) is 0 Å². The molecule has 0 aliphatic carbocycles. The van der Waals surface area contributed by atoms with Gasteiger partial charge in [-0.15, -0.1) is 0 Å². The molecule has 1 aromatic carbocycles. The predicted molar refractivity (Wildman–Crippen MR) is 102 cm³/mol. The molecule has 0 atom stereocenters. The molecule has 9 heteroatoms. The summed E-state index contributed by atoms with van der Waals surface area (Å²) in [5.74, 6) is 0.896. The summed E-state index contributed by atoms with van der Waals surface area (Å²) >= 11 is 0. The highest BCUT2D eigenvalue weighted by atomic mass is 19.1. The van der Waals surface area contributed by atoms with Gasteiger partial charge in [0.05, 0.1) is 20.4 Å². The van der Waals surface area contributed by atoms with Gasteiger partial charge in [0.2, 0.25) is 5.95 Å². The van der Waals surface area contributed by atoms with Crippen LogP contribution >= 0.6 is 0 Å². The molecule has 8 nitrogen and oxygen atoms in total. The van der Waals surface area contributed by atoms with E-state index in [9.17, 15) is 9.18 Å². The van der Waals surface area contributed by atoms with Gasteiger partial charge in [-0.1, -0.05) is 6.07 Å². The van der Waals surface area contributed by atoms with E-state index in [0.717, 1.165) is 11.8 Å². The van der Waals surface area contributed by atoms with Crippen molar-refractivity contribution in [2.24, 2.45) is 0 Å². The molecule has 0 unspecified atom stereocenters. The normalized spacial score (nSPS) is 10.6. The van der Waals surface area contributed by atoms with Gasteiger partial charge < -0.3 is 14.8 Å². The average Bonchev–Trinajstić information content (AvgIpc) is 2.71. The third kappa shape index (κ3) is 4.08. The largest absolute Gasteiger partial charge is 0.493 e. The average molecular weight is 385 g/mol. The number of H-pyrrole nitrogens is 1. The molecular weight excluding hydrogens is 365 g/mol. The lowest BCUT2D eigenvalue weighted by molar-refractivity contribution is 0.354. The van der Waals surface area contributed by atoms with E-state index in [1.54, 1.807) is 21.1 Å². The first-order chi connectivity index (χ1) is 13.5. The summed E-state index contributed by atoms with van der Waals surface area (Å²) in [4.78, 5) is 26.7. The maximum atomic E-state index is 14.0. The molecule has 0 spiro atoms. The van der Waals surface area contributed by atoms with Crippen molar-refractivity contribution in [3.8, 4) is 22.9 Å². The van der Waals surface area contributed by atoms with Crippen LogP contribution in [-0.2, 0) is 6.42 Å². The lowest BCUT2D eigenvalue weighted by Crippen LogP contribution is -2.18. The molecule has 3 aromatic rings. The summed E-state index contributed by atoms with van der Waals surface area (Å²) in [6, 6.07) is 5.64. The van der Waals surface area contributed by atoms with E-state index in [0.29, 0.717) is 24.5 Å². The minimum atomic E-state index is -0.639. The van der Waals surface area contributed by atoms with Gasteiger partial charge in [-0.25, -0.2) is 19.3 Å². The molecule has 2 heterocycles. The van der Waals surface area contributed by atoms with Crippen LogP contribution in [-0.4, -0.2) is 40.7 Å². The van der Waals surface area contributed by atoms with Crippen LogP contribution in [0.3, 0.4) is 0 Å². The zero-order valence-corrected chi connectivity index (χ0v) is 15.7. The van der Waals surface area contributed by atoms with E-state index in [2.05, 4.69) is 25.3 Å². The first kappa shape index (κ1) is 19.3. The summed E-state index contributed by atoms with van der Waals surface area (Å²) in [7, 11) is 3.16. The molecule has 28 heavy (non-hydrogen) atoms. The van der Waals surface area contributed by atoms with Crippen molar-refractivity contribution in [3.05, 3.63) is 58.0 Å². The summed E-state index contributed by atoms with van der Waals surface area (Å²) in [6.07, 6.45) is 2.90. The second-order valence-corrected chi connectivity index (χ2v) is 5.97. The van der Waals surface area contributed by atoms with Crippen LogP contribution in [0.5, 0.6) is 11.5 Å². The molecule has 0 aliphatic heterocycles.